The summed E-state index contributed by atoms with van der Waals surface area (Å²) < 4.78 is 0. The van der Waals surface area contributed by atoms with E-state index in [0.717, 1.165) is 9.80 Å². The zero-order chi connectivity index (χ0) is 28.1. The summed E-state index contributed by atoms with van der Waals surface area (Å²) in [6.07, 6.45) is 0. The molecule has 15 heteroatoms. The van der Waals surface area contributed by atoms with Crippen molar-refractivity contribution in [2.75, 3.05) is 45.8 Å². The highest BCUT2D eigenvalue weighted by Crippen LogP contribution is 2.25. The number of hydrogen-bond acceptors (Lipinski definition) is 10. The molecule has 0 aliphatic heterocycles. The van der Waals surface area contributed by atoms with Crippen LogP contribution in [0.15, 0.2) is 29.3 Å². The minimum absolute atomic E-state index is 0.140. The molecule has 5 N–H and O–H groups in total. The molecule has 0 aromatic heterocycles. The van der Waals surface area contributed by atoms with Crippen LogP contribution in [0.2, 0.25) is 0 Å². The van der Waals surface area contributed by atoms with E-state index >= 15 is 0 Å². The molecule has 0 spiro atoms. The third-order valence-electron chi connectivity index (χ3n) is 5.18. The highest BCUT2D eigenvalue weighted by Gasteiger charge is 2.30. The third-order valence-corrected chi connectivity index (χ3v) is 5.27. The third kappa shape index (κ3) is 12.2. The van der Waals surface area contributed by atoms with Gasteiger partial charge in [-0.25, -0.2) is 0 Å². The number of nitrogens with zero attached hydrogens (tertiary/aromatic N) is 4. The van der Waals surface area contributed by atoms with Gasteiger partial charge in [-0.1, -0.05) is 12.1 Å². The fourth-order valence-electron chi connectivity index (χ4n) is 3.73. The Balaban J connectivity index is 3.43. The maximum Gasteiger partial charge on any atom is 0.317 e. The molecule has 2 atom stereocenters. The van der Waals surface area contributed by atoms with Crippen molar-refractivity contribution < 1.29 is 49.5 Å². The van der Waals surface area contributed by atoms with Crippen molar-refractivity contribution in [1.82, 2.24) is 14.7 Å². The summed E-state index contributed by atoms with van der Waals surface area (Å²) in [6, 6.07) is 4.59. The van der Waals surface area contributed by atoms with Crippen LogP contribution in [0.5, 0.6) is 0 Å². The van der Waals surface area contributed by atoms with E-state index in [1.807, 2.05) is 0 Å². The summed E-state index contributed by atoms with van der Waals surface area (Å²) in [6.45, 7) is -1.86. The molecule has 37 heavy (non-hydrogen) atoms. The topological polar surface area (TPSA) is 209 Å². The van der Waals surface area contributed by atoms with Gasteiger partial charge in [0.1, 0.15) is 0 Å². The molecular weight excluding hydrogens is 512 g/mol. The molecular formula is C22H28N4O10S. The molecule has 0 heterocycles. The average molecular weight is 541 g/mol. The summed E-state index contributed by atoms with van der Waals surface area (Å²) in [7, 11) is 0. The molecule has 0 amide bonds. The minimum atomic E-state index is -1.31. The maximum atomic E-state index is 11.6. The summed E-state index contributed by atoms with van der Waals surface area (Å²) in [5.74, 6) is -6.41. The molecule has 0 aliphatic carbocycles. The molecule has 1 aromatic carbocycles. The summed E-state index contributed by atoms with van der Waals surface area (Å²) in [5, 5.41) is 48.7. The zero-order valence-electron chi connectivity index (χ0n) is 19.9. The second-order valence-corrected chi connectivity index (χ2v) is 8.31. The Morgan fingerprint density at radius 1 is 0.757 bits per heavy atom. The van der Waals surface area contributed by atoms with Gasteiger partial charge < -0.3 is 25.5 Å². The molecule has 0 saturated carbocycles. The number of benzene rings is 1. The van der Waals surface area contributed by atoms with Gasteiger partial charge in [-0.15, -0.1) is 0 Å². The van der Waals surface area contributed by atoms with Gasteiger partial charge in [0.25, 0.3) is 0 Å². The highest BCUT2D eigenvalue weighted by molar-refractivity contribution is 7.78. The number of carboxylic acids is 5. The van der Waals surface area contributed by atoms with E-state index in [1.165, 1.54) is 4.90 Å². The number of rotatable bonds is 18. The molecule has 1 aromatic rings. The minimum Gasteiger partial charge on any atom is -0.480 e. The number of isothiocyanates is 1. The molecule has 202 valence electrons. The summed E-state index contributed by atoms with van der Waals surface area (Å²) >= 11 is 4.57. The highest BCUT2D eigenvalue weighted by atomic mass is 32.1. The van der Waals surface area contributed by atoms with Gasteiger partial charge >= 0.3 is 29.8 Å². The maximum absolute atomic E-state index is 11.6. The molecule has 1 rings (SSSR count). The van der Waals surface area contributed by atoms with E-state index in [0.29, 0.717) is 11.3 Å². The fourth-order valence-corrected chi connectivity index (χ4v) is 3.84. The van der Waals surface area contributed by atoms with Gasteiger partial charge in [0.15, 0.2) is 0 Å². The van der Waals surface area contributed by atoms with Gasteiger partial charge in [-0.2, -0.15) is 4.99 Å². The van der Waals surface area contributed by atoms with Crippen molar-refractivity contribution in [2.24, 2.45) is 4.99 Å². The number of aliphatic imine (C=N–C) groups is 1. The quantitative estimate of drug-likeness (QED) is 0.124. The Morgan fingerprint density at radius 3 is 1.59 bits per heavy atom. The van der Waals surface area contributed by atoms with Gasteiger partial charge in [0, 0.05) is 25.2 Å². The van der Waals surface area contributed by atoms with Crippen LogP contribution in [-0.2, 0) is 24.0 Å². The number of aliphatic carboxylic acids is 5. The summed E-state index contributed by atoms with van der Waals surface area (Å²) in [5.41, 5.74) is 0.899. The largest absolute Gasteiger partial charge is 0.480 e. The number of thiocarbonyl (C=S) groups is 1. The van der Waals surface area contributed by atoms with Crippen molar-refractivity contribution in [2.45, 2.75) is 19.0 Å². The van der Waals surface area contributed by atoms with Gasteiger partial charge in [-0.05, 0) is 36.8 Å². The first-order valence-corrected chi connectivity index (χ1v) is 11.2. The number of carbonyl (C=O) groups is 5. The van der Waals surface area contributed by atoms with Gasteiger partial charge in [0.05, 0.1) is 43.6 Å². The molecule has 0 saturated heterocycles. The Hall–Kier alpha value is -3.75. The Bertz CT molecular complexity index is 997. The van der Waals surface area contributed by atoms with Crippen molar-refractivity contribution in [3.63, 3.8) is 0 Å². The lowest BCUT2D eigenvalue weighted by atomic mass is 10.0. The van der Waals surface area contributed by atoms with Crippen LogP contribution >= 0.6 is 12.2 Å². The lowest BCUT2D eigenvalue weighted by Crippen LogP contribution is -2.50. The van der Waals surface area contributed by atoms with Crippen LogP contribution < -0.4 is 0 Å². The van der Waals surface area contributed by atoms with E-state index < -0.39 is 74.7 Å². The Kier molecular flexibility index (Phi) is 13.0. The van der Waals surface area contributed by atoms with E-state index in [1.54, 1.807) is 31.2 Å². The van der Waals surface area contributed by atoms with E-state index in [-0.39, 0.29) is 13.1 Å². The van der Waals surface area contributed by atoms with Crippen molar-refractivity contribution in [3.05, 3.63) is 29.8 Å². The normalized spacial score (nSPS) is 12.6. The monoisotopic (exact) mass is 540 g/mol. The second-order valence-electron chi connectivity index (χ2n) is 8.13. The first-order valence-electron chi connectivity index (χ1n) is 10.8. The first kappa shape index (κ1) is 31.3. The van der Waals surface area contributed by atoms with Crippen LogP contribution in [0, 0.1) is 0 Å². The molecule has 0 radical (unpaired) electrons. The van der Waals surface area contributed by atoms with Crippen LogP contribution in [0.1, 0.15) is 18.5 Å². The number of hydrogen-bond donors (Lipinski definition) is 5. The van der Waals surface area contributed by atoms with E-state index in [4.69, 9.17) is 10.2 Å². The average Bonchev–Trinajstić information content (AvgIpc) is 2.75. The predicted molar refractivity (Wildman–Crippen MR) is 131 cm³/mol. The lowest BCUT2D eigenvalue weighted by molar-refractivity contribution is -0.144. The van der Waals surface area contributed by atoms with Crippen LogP contribution in [0.4, 0.5) is 5.69 Å². The van der Waals surface area contributed by atoms with Gasteiger partial charge in [0.2, 0.25) is 0 Å². The predicted octanol–water partition coefficient (Wildman–Crippen LogP) is 0.180. The smallest absolute Gasteiger partial charge is 0.317 e. The SMILES string of the molecule is CC(CN(CC(=O)O)CC(=O)O)N(CC(=O)O)CC(c1ccc(N=C=S)cc1)N(CC(=O)O)CC(=O)O. The van der Waals surface area contributed by atoms with Crippen molar-refractivity contribution in [3.8, 4) is 0 Å². The Labute approximate surface area is 217 Å². The van der Waals surface area contributed by atoms with Crippen molar-refractivity contribution in [1.29, 1.82) is 0 Å². The zero-order valence-corrected chi connectivity index (χ0v) is 20.7. The lowest BCUT2D eigenvalue weighted by Gasteiger charge is -2.37. The van der Waals surface area contributed by atoms with Crippen LogP contribution in [-0.4, -0.2) is 127 Å². The fraction of sp³-hybridized carbons (Fsp3) is 0.455. The molecule has 14 nitrogen and oxygen atoms in total. The molecule has 0 bridgehead atoms. The van der Waals surface area contributed by atoms with E-state index in [9.17, 15) is 39.3 Å². The standard InChI is InChI=1S/C22H28N4O10S/c1-14(6-24(8-18(27)28)9-19(29)30)25(10-20(31)32)7-17(26(11-21(33)34)12-22(35)36)15-2-4-16(5-3-15)23-13-37/h2-5,14,17H,6-12H2,1H3,(H,27,28)(H,29,30)(H,31,32)(H,33,34)(H,35,36). The van der Waals surface area contributed by atoms with Crippen LogP contribution in [0.25, 0.3) is 0 Å². The van der Waals surface area contributed by atoms with Gasteiger partial charge in [-0.3, -0.25) is 38.7 Å². The molecule has 2 unspecified atom stereocenters. The first-order chi connectivity index (χ1) is 17.3. The van der Waals surface area contributed by atoms with Crippen LogP contribution in [0.3, 0.4) is 0 Å². The molecule has 0 aliphatic rings. The summed E-state index contributed by atoms with van der Waals surface area (Å²) in [4.78, 5) is 64.5. The second kappa shape index (κ2) is 15.4. The Morgan fingerprint density at radius 2 is 1.19 bits per heavy atom. The molecule has 0 fully saturated rings. The van der Waals surface area contributed by atoms with Crippen molar-refractivity contribution >= 4 is 52.9 Å². The van der Waals surface area contributed by atoms with E-state index in [2.05, 4.69) is 22.4 Å². The number of carboxylic acid groups (broad SMARTS) is 5.